The lowest BCUT2D eigenvalue weighted by atomic mass is 9.67. The number of nitrogens with zero attached hydrogens (tertiary/aromatic N) is 3. The molecule has 0 radical (unpaired) electrons. The highest BCUT2D eigenvalue weighted by Crippen LogP contribution is 2.49. The van der Waals surface area contributed by atoms with Gasteiger partial charge in [-0.05, 0) is 60.6 Å². The van der Waals surface area contributed by atoms with Crippen LogP contribution in [0.1, 0.15) is 37.1 Å². The van der Waals surface area contributed by atoms with Crippen LogP contribution in [0.15, 0.2) is 35.3 Å². The Bertz CT molecular complexity index is 977. The zero-order chi connectivity index (χ0) is 19.6. The molecular formula is C21H23FN4O. The number of aliphatic imine (C=N–C) groups is 1. The summed E-state index contributed by atoms with van der Waals surface area (Å²) in [5.74, 6) is -0.258. The van der Waals surface area contributed by atoms with Gasteiger partial charge in [0.1, 0.15) is 5.82 Å². The van der Waals surface area contributed by atoms with Crippen molar-refractivity contribution in [2.24, 2.45) is 16.1 Å². The predicted molar refractivity (Wildman–Crippen MR) is 103 cm³/mol. The summed E-state index contributed by atoms with van der Waals surface area (Å²) in [7, 11) is 1.64. The van der Waals surface area contributed by atoms with Gasteiger partial charge in [-0.25, -0.2) is 14.4 Å². The summed E-state index contributed by atoms with van der Waals surface area (Å²) < 4.78 is 13.9. The number of halogens is 1. The van der Waals surface area contributed by atoms with Gasteiger partial charge in [-0.3, -0.25) is 9.69 Å². The number of pyridine rings is 1. The molecule has 0 saturated heterocycles. The standard InChI is InChI=1S/C21H23FN4O/c1-12-7-14(9-15(22)8-12)16-6-5-13-10-20(2,3)11-21(17(13)24-16)18(27)26(4)19(23)25-21/h5-9H,10-11H2,1-4H3,(H2,23,25). The molecule has 1 unspecified atom stereocenters. The van der Waals surface area contributed by atoms with E-state index >= 15 is 0 Å². The Morgan fingerprint density at radius 1 is 1.22 bits per heavy atom. The topological polar surface area (TPSA) is 71.6 Å². The van der Waals surface area contributed by atoms with E-state index in [9.17, 15) is 9.18 Å². The van der Waals surface area contributed by atoms with Crippen LogP contribution in [0.4, 0.5) is 4.39 Å². The Morgan fingerprint density at radius 2 is 1.96 bits per heavy atom. The minimum absolute atomic E-state index is 0.115. The molecule has 140 valence electrons. The smallest absolute Gasteiger partial charge is 0.263 e. The van der Waals surface area contributed by atoms with Gasteiger partial charge in [0.15, 0.2) is 11.5 Å². The summed E-state index contributed by atoms with van der Waals surface area (Å²) in [6.45, 7) is 6.09. The lowest BCUT2D eigenvalue weighted by Gasteiger charge is -2.40. The van der Waals surface area contributed by atoms with E-state index in [1.165, 1.54) is 17.0 Å². The van der Waals surface area contributed by atoms with E-state index in [0.717, 1.165) is 17.5 Å². The maximum absolute atomic E-state index is 13.9. The Balaban J connectivity index is 1.93. The highest BCUT2D eigenvalue weighted by Gasteiger charge is 2.55. The molecule has 27 heavy (non-hydrogen) atoms. The van der Waals surface area contributed by atoms with E-state index in [0.29, 0.717) is 23.4 Å². The van der Waals surface area contributed by atoms with Gasteiger partial charge in [-0.15, -0.1) is 0 Å². The molecule has 1 aromatic heterocycles. The first kappa shape index (κ1) is 17.6. The molecule has 5 nitrogen and oxygen atoms in total. The van der Waals surface area contributed by atoms with Crippen LogP contribution >= 0.6 is 0 Å². The number of carbonyl (C=O) groups is 1. The number of aromatic nitrogens is 1. The summed E-state index contributed by atoms with van der Waals surface area (Å²) >= 11 is 0. The number of hydrogen-bond donors (Lipinski definition) is 1. The van der Waals surface area contributed by atoms with Gasteiger partial charge < -0.3 is 5.73 Å². The van der Waals surface area contributed by atoms with E-state index in [1.807, 2.05) is 25.1 Å². The maximum Gasteiger partial charge on any atom is 0.263 e. The average Bonchev–Trinajstić information content (AvgIpc) is 2.77. The zero-order valence-corrected chi connectivity index (χ0v) is 16.0. The molecule has 1 aliphatic carbocycles. The molecule has 1 spiro atoms. The number of benzene rings is 1. The molecule has 1 amide bonds. The third-order valence-corrected chi connectivity index (χ3v) is 5.42. The SMILES string of the molecule is Cc1cc(F)cc(-c2ccc3c(n2)C2(CC(C)(C)C3)N=C(N)N(C)C2=O)c1. The Kier molecular flexibility index (Phi) is 3.67. The van der Waals surface area contributed by atoms with E-state index in [4.69, 9.17) is 10.7 Å². The molecule has 0 bridgehead atoms. The van der Waals surface area contributed by atoms with Crippen LogP contribution in [0.25, 0.3) is 11.3 Å². The first-order chi connectivity index (χ1) is 12.6. The zero-order valence-electron chi connectivity index (χ0n) is 16.0. The summed E-state index contributed by atoms with van der Waals surface area (Å²) in [5, 5.41) is 0. The van der Waals surface area contributed by atoms with E-state index in [2.05, 4.69) is 18.8 Å². The van der Waals surface area contributed by atoms with Crippen LogP contribution in [0.3, 0.4) is 0 Å². The number of guanidine groups is 1. The fraction of sp³-hybridized carbons (Fsp3) is 0.381. The van der Waals surface area contributed by atoms with Crippen molar-refractivity contribution < 1.29 is 9.18 Å². The number of amides is 1. The van der Waals surface area contributed by atoms with Crippen LogP contribution in [0.2, 0.25) is 0 Å². The Morgan fingerprint density at radius 3 is 2.59 bits per heavy atom. The van der Waals surface area contributed by atoms with Crippen LogP contribution in [0.5, 0.6) is 0 Å². The van der Waals surface area contributed by atoms with Crippen molar-refractivity contribution in [1.82, 2.24) is 9.88 Å². The van der Waals surface area contributed by atoms with Gasteiger partial charge >= 0.3 is 0 Å². The minimum atomic E-state index is -1.10. The van der Waals surface area contributed by atoms with Gasteiger partial charge in [0.2, 0.25) is 0 Å². The second-order valence-electron chi connectivity index (χ2n) is 8.43. The quantitative estimate of drug-likeness (QED) is 0.843. The normalized spacial score (nSPS) is 23.5. The van der Waals surface area contributed by atoms with Gasteiger partial charge in [-0.2, -0.15) is 0 Å². The van der Waals surface area contributed by atoms with Crippen molar-refractivity contribution >= 4 is 11.9 Å². The van der Waals surface area contributed by atoms with E-state index in [-0.39, 0.29) is 23.1 Å². The first-order valence-corrected chi connectivity index (χ1v) is 9.03. The number of likely N-dealkylation sites (N-methyl/N-ethyl adjacent to an activating group) is 1. The molecule has 1 aromatic carbocycles. The lowest BCUT2D eigenvalue weighted by Crippen LogP contribution is -2.46. The molecule has 0 saturated carbocycles. The molecular weight excluding hydrogens is 343 g/mol. The van der Waals surface area contributed by atoms with Crippen LogP contribution in [-0.2, 0) is 16.8 Å². The fourth-order valence-electron chi connectivity index (χ4n) is 4.36. The molecule has 0 fully saturated rings. The van der Waals surface area contributed by atoms with Gasteiger partial charge in [0.05, 0.1) is 11.4 Å². The number of nitrogens with two attached hydrogens (primary N) is 1. The van der Waals surface area contributed by atoms with Crippen molar-refractivity contribution in [2.75, 3.05) is 7.05 Å². The Hall–Kier alpha value is -2.76. The van der Waals surface area contributed by atoms with Crippen molar-refractivity contribution in [1.29, 1.82) is 0 Å². The molecule has 1 aliphatic heterocycles. The number of fused-ring (bicyclic) bond motifs is 2. The average molecular weight is 366 g/mol. The monoisotopic (exact) mass is 366 g/mol. The second-order valence-corrected chi connectivity index (χ2v) is 8.43. The minimum Gasteiger partial charge on any atom is -0.369 e. The van der Waals surface area contributed by atoms with E-state index in [1.54, 1.807) is 7.05 Å². The van der Waals surface area contributed by atoms with Gasteiger partial charge in [0.25, 0.3) is 5.91 Å². The Labute approximate surface area is 158 Å². The van der Waals surface area contributed by atoms with Crippen LogP contribution in [0, 0.1) is 18.2 Å². The molecule has 2 N–H and O–H groups in total. The number of rotatable bonds is 1. The largest absolute Gasteiger partial charge is 0.369 e. The second kappa shape index (κ2) is 5.62. The van der Waals surface area contributed by atoms with Gasteiger partial charge in [-0.1, -0.05) is 19.9 Å². The lowest BCUT2D eigenvalue weighted by molar-refractivity contribution is -0.132. The molecule has 2 aliphatic rings. The molecule has 2 heterocycles. The summed E-state index contributed by atoms with van der Waals surface area (Å²) in [6, 6.07) is 8.70. The molecule has 2 aromatic rings. The fourth-order valence-corrected chi connectivity index (χ4v) is 4.36. The van der Waals surface area contributed by atoms with Crippen molar-refractivity contribution in [3.8, 4) is 11.3 Å². The predicted octanol–water partition coefficient (Wildman–Crippen LogP) is 3.15. The molecule has 1 atom stereocenters. The summed E-state index contributed by atoms with van der Waals surface area (Å²) in [5.41, 5.74) is 8.53. The van der Waals surface area contributed by atoms with Crippen molar-refractivity contribution in [3.63, 3.8) is 0 Å². The molecule has 4 rings (SSSR count). The van der Waals surface area contributed by atoms with E-state index < -0.39 is 5.54 Å². The highest BCUT2D eigenvalue weighted by atomic mass is 19.1. The number of aryl methyl sites for hydroxylation is 1. The van der Waals surface area contributed by atoms with Crippen molar-refractivity contribution in [3.05, 3.63) is 53.0 Å². The summed E-state index contributed by atoms with van der Waals surface area (Å²) in [4.78, 5) is 23.9. The third-order valence-electron chi connectivity index (χ3n) is 5.42. The maximum atomic E-state index is 13.9. The third kappa shape index (κ3) is 2.71. The first-order valence-electron chi connectivity index (χ1n) is 9.03. The number of hydrogen-bond acceptors (Lipinski definition) is 4. The van der Waals surface area contributed by atoms with Gasteiger partial charge in [0, 0.05) is 12.6 Å². The highest BCUT2D eigenvalue weighted by molar-refractivity contribution is 6.07. The number of carbonyl (C=O) groups excluding carboxylic acids is 1. The van der Waals surface area contributed by atoms with Crippen molar-refractivity contribution in [2.45, 2.75) is 39.2 Å². The summed E-state index contributed by atoms with van der Waals surface area (Å²) in [6.07, 6.45) is 1.33. The molecule has 6 heteroatoms. The van der Waals surface area contributed by atoms with Crippen LogP contribution in [-0.4, -0.2) is 28.8 Å². The van der Waals surface area contributed by atoms with Crippen LogP contribution < -0.4 is 5.73 Å².